The van der Waals surface area contributed by atoms with Crippen molar-refractivity contribution >= 4 is 11.9 Å². The number of alkyl carbamates (subject to hydrolysis) is 1. The molecule has 1 N–H and O–H groups in total. The molecule has 1 saturated heterocycles. The number of rotatable bonds is 3. The van der Waals surface area contributed by atoms with Gasteiger partial charge in [-0.15, -0.1) is 6.42 Å². The van der Waals surface area contributed by atoms with Crippen LogP contribution in [0, 0.1) is 18.3 Å². The molecule has 1 amide bonds. The van der Waals surface area contributed by atoms with Gasteiger partial charge in [0, 0.05) is 19.1 Å². The Bertz CT molecular complexity index is 364. The molecule has 5 heteroatoms. The number of Topliss-reactive ketones (excluding diaryl/α,β-unsaturated/α-hetero) is 1. The van der Waals surface area contributed by atoms with Crippen LogP contribution in [0.25, 0.3) is 0 Å². The lowest BCUT2D eigenvalue weighted by molar-refractivity contribution is -0.123. The first-order valence-electron chi connectivity index (χ1n) is 5.92. The number of hydrogen-bond donors (Lipinski definition) is 1. The maximum absolute atomic E-state index is 11.5. The van der Waals surface area contributed by atoms with Crippen LogP contribution in [-0.4, -0.2) is 36.7 Å². The number of ether oxygens (including phenoxy) is 2. The molecule has 1 aliphatic rings. The van der Waals surface area contributed by atoms with Crippen molar-refractivity contribution in [2.45, 2.75) is 38.9 Å². The monoisotopic (exact) mass is 253 g/mol. The highest BCUT2D eigenvalue weighted by Gasteiger charge is 2.33. The quantitative estimate of drug-likeness (QED) is 0.604. The number of terminal acetylenes is 1. The van der Waals surface area contributed by atoms with E-state index in [0.29, 0.717) is 19.6 Å². The third-order valence-electron chi connectivity index (χ3n) is 2.52. The molecule has 2 atom stereocenters. The van der Waals surface area contributed by atoms with Crippen molar-refractivity contribution in [3.05, 3.63) is 0 Å². The lowest BCUT2D eigenvalue weighted by Crippen LogP contribution is -2.38. The fraction of sp³-hybridized carbons (Fsp3) is 0.692. The normalized spacial score (nSPS) is 23.2. The molecule has 5 nitrogen and oxygen atoms in total. The highest BCUT2D eigenvalue weighted by atomic mass is 16.6. The third-order valence-corrected chi connectivity index (χ3v) is 2.52. The molecule has 1 aliphatic heterocycles. The van der Waals surface area contributed by atoms with E-state index < -0.39 is 17.8 Å². The van der Waals surface area contributed by atoms with Gasteiger partial charge in [-0.3, -0.25) is 4.79 Å². The molecule has 0 aromatic rings. The van der Waals surface area contributed by atoms with Gasteiger partial charge in [0.1, 0.15) is 11.7 Å². The molecule has 0 spiro atoms. The summed E-state index contributed by atoms with van der Waals surface area (Å²) in [6.07, 6.45) is 4.66. The molecule has 0 bridgehead atoms. The van der Waals surface area contributed by atoms with Gasteiger partial charge in [-0.2, -0.15) is 0 Å². The van der Waals surface area contributed by atoms with E-state index in [1.165, 1.54) is 0 Å². The summed E-state index contributed by atoms with van der Waals surface area (Å²) >= 11 is 0. The van der Waals surface area contributed by atoms with Gasteiger partial charge in [0.25, 0.3) is 0 Å². The molecular weight excluding hydrogens is 234 g/mol. The summed E-state index contributed by atoms with van der Waals surface area (Å²) < 4.78 is 10.4. The van der Waals surface area contributed by atoms with Crippen molar-refractivity contribution in [2.75, 3.05) is 13.2 Å². The van der Waals surface area contributed by atoms with Crippen LogP contribution in [0.5, 0.6) is 0 Å². The topological polar surface area (TPSA) is 64.6 Å². The second-order valence-electron chi connectivity index (χ2n) is 5.23. The predicted molar refractivity (Wildman–Crippen MR) is 65.9 cm³/mol. The zero-order chi connectivity index (χ0) is 13.8. The summed E-state index contributed by atoms with van der Waals surface area (Å²) in [5.41, 5.74) is -0.537. The Balaban J connectivity index is 2.41. The zero-order valence-corrected chi connectivity index (χ0v) is 11.0. The fourth-order valence-corrected chi connectivity index (χ4v) is 1.74. The third kappa shape index (κ3) is 4.38. The number of ketones is 1. The average molecular weight is 253 g/mol. The van der Waals surface area contributed by atoms with Gasteiger partial charge in [0.15, 0.2) is 0 Å². The van der Waals surface area contributed by atoms with Crippen LogP contribution in [0.15, 0.2) is 0 Å². The van der Waals surface area contributed by atoms with E-state index in [2.05, 4.69) is 11.2 Å². The van der Waals surface area contributed by atoms with Gasteiger partial charge in [-0.25, -0.2) is 4.79 Å². The van der Waals surface area contributed by atoms with Gasteiger partial charge < -0.3 is 14.8 Å². The minimum Gasteiger partial charge on any atom is -0.444 e. The van der Waals surface area contributed by atoms with Crippen molar-refractivity contribution < 1.29 is 19.1 Å². The van der Waals surface area contributed by atoms with Gasteiger partial charge in [0.2, 0.25) is 5.78 Å². The first kappa shape index (κ1) is 14.5. The van der Waals surface area contributed by atoms with Crippen molar-refractivity contribution in [2.24, 2.45) is 5.92 Å². The van der Waals surface area contributed by atoms with Gasteiger partial charge in [0.05, 0.1) is 0 Å². The zero-order valence-electron chi connectivity index (χ0n) is 11.0. The van der Waals surface area contributed by atoms with Gasteiger partial charge in [-0.05, 0) is 33.1 Å². The van der Waals surface area contributed by atoms with Crippen molar-refractivity contribution in [1.82, 2.24) is 5.32 Å². The van der Waals surface area contributed by atoms with E-state index in [4.69, 9.17) is 15.9 Å². The van der Waals surface area contributed by atoms with Crippen LogP contribution in [0.4, 0.5) is 4.79 Å². The van der Waals surface area contributed by atoms with Crippen LogP contribution in [0.1, 0.15) is 27.2 Å². The Morgan fingerprint density at radius 1 is 1.50 bits per heavy atom. The van der Waals surface area contributed by atoms with Gasteiger partial charge >= 0.3 is 6.09 Å². The Hall–Kier alpha value is -1.54. The van der Waals surface area contributed by atoms with E-state index in [0.717, 1.165) is 0 Å². The number of hydrogen-bond acceptors (Lipinski definition) is 4. The molecule has 0 aromatic heterocycles. The first-order valence-corrected chi connectivity index (χ1v) is 5.92. The minimum absolute atomic E-state index is 0.0823. The number of carbonyl (C=O) groups excluding carboxylic acids is 2. The summed E-state index contributed by atoms with van der Waals surface area (Å²) in [5, 5.41) is 2.63. The maximum Gasteiger partial charge on any atom is 0.407 e. The average Bonchev–Trinajstić information content (AvgIpc) is 2.71. The standard InChI is InChI=1S/C13H19NO4/c1-5-10(15)11-9(6-7-17-11)8-14-12(16)18-13(2,3)4/h1,9,11H,6-8H2,2-4H3,(H,14,16). The van der Waals surface area contributed by atoms with Crippen LogP contribution >= 0.6 is 0 Å². The number of carbonyl (C=O) groups is 2. The maximum atomic E-state index is 11.5. The highest BCUT2D eigenvalue weighted by Crippen LogP contribution is 2.21. The molecule has 1 fully saturated rings. The lowest BCUT2D eigenvalue weighted by Gasteiger charge is -2.21. The molecular formula is C13H19NO4. The van der Waals surface area contributed by atoms with Crippen molar-refractivity contribution in [3.8, 4) is 12.3 Å². The Morgan fingerprint density at radius 2 is 2.17 bits per heavy atom. The van der Waals surface area contributed by atoms with Crippen LogP contribution < -0.4 is 5.32 Å². The van der Waals surface area contributed by atoms with Gasteiger partial charge in [-0.1, -0.05) is 0 Å². The molecule has 0 saturated carbocycles. The molecule has 0 radical (unpaired) electrons. The van der Waals surface area contributed by atoms with Crippen LogP contribution in [0.3, 0.4) is 0 Å². The smallest absolute Gasteiger partial charge is 0.407 e. The van der Waals surface area contributed by atoms with E-state index >= 15 is 0 Å². The Morgan fingerprint density at radius 3 is 2.72 bits per heavy atom. The van der Waals surface area contributed by atoms with Crippen molar-refractivity contribution in [3.63, 3.8) is 0 Å². The Kier molecular flexibility index (Phi) is 4.74. The summed E-state index contributed by atoms with van der Waals surface area (Å²) in [4.78, 5) is 22.9. The molecule has 1 heterocycles. The van der Waals surface area contributed by atoms with Crippen LogP contribution in [0.2, 0.25) is 0 Å². The molecule has 0 aliphatic carbocycles. The largest absolute Gasteiger partial charge is 0.444 e. The highest BCUT2D eigenvalue weighted by molar-refractivity contribution is 5.98. The summed E-state index contributed by atoms with van der Waals surface area (Å²) in [5.74, 6) is 1.60. The molecule has 18 heavy (non-hydrogen) atoms. The Labute approximate surface area is 107 Å². The second-order valence-corrected chi connectivity index (χ2v) is 5.23. The molecule has 100 valence electrons. The second kappa shape index (κ2) is 5.87. The molecule has 2 unspecified atom stereocenters. The van der Waals surface area contributed by atoms with E-state index in [1.807, 2.05) is 0 Å². The van der Waals surface area contributed by atoms with Crippen molar-refractivity contribution in [1.29, 1.82) is 0 Å². The predicted octanol–water partition coefficient (Wildman–Crippen LogP) is 1.12. The van der Waals surface area contributed by atoms with E-state index in [1.54, 1.807) is 20.8 Å². The van der Waals surface area contributed by atoms with E-state index in [9.17, 15) is 9.59 Å². The first-order chi connectivity index (χ1) is 8.33. The minimum atomic E-state index is -0.607. The summed E-state index contributed by atoms with van der Waals surface area (Å²) in [6.45, 7) is 6.17. The fourth-order valence-electron chi connectivity index (χ4n) is 1.74. The number of amides is 1. The summed E-state index contributed by atoms with van der Waals surface area (Å²) in [6, 6.07) is 0. The molecule has 1 rings (SSSR count). The molecule has 0 aromatic carbocycles. The van der Waals surface area contributed by atoms with Crippen LogP contribution in [-0.2, 0) is 14.3 Å². The van der Waals surface area contributed by atoms with E-state index in [-0.39, 0.29) is 11.7 Å². The summed E-state index contributed by atoms with van der Waals surface area (Å²) in [7, 11) is 0. The SMILES string of the molecule is C#CC(=O)C1OCCC1CNC(=O)OC(C)(C)C. The number of nitrogens with one attached hydrogen (secondary N) is 1. The lowest BCUT2D eigenvalue weighted by atomic mass is 9.98.